The summed E-state index contributed by atoms with van der Waals surface area (Å²) < 4.78 is 0. The standard InChI is InChI=1S/C8H19NO2/c1-3-5-9(2)8(7-11)4-6-10/h8,10-11H,3-7H2,1-2H3. The van der Waals surface area contributed by atoms with Gasteiger partial charge in [-0.3, -0.25) is 0 Å². The molecule has 1 unspecified atom stereocenters. The highest BCUT2D eigenvalue weighted by Gasteiger charge is 2.10. The molecule has 3 heteroatoms. The van der Waals surface area contributed by atoms with Crippen molar-refractivity contribution in [3.8, 4) is 0 Å². The minimum Gasteiger partial charge on any atom is -0.396 e. The van der Waals surface area contributed by atoms with Gasteiger partial charge in [-0.05, 0) is 26.4 Å². The molecular weight excluding hydrogens is 142 g/mol. The predicted molar refractivity (Wildman–Crippen MR) is 45.5 cm³/mol. The van der Waals surface area contributed by atoms with E-state index in [0.717, 1.165) is 13.0 Å². The molecule has 0 rings (SSSR count). The van der Waals surface area contributed by atoms with Crippen molar-refractivity contribution in [2.24, 2.45) is 0 Å². The van der Waals surface area contributed by atoms with Crippen LogP contribution in [0.2, 0.25) is 0 Å². The van der Waals surface area contributed by atoms with Crippen molar-refractivity contribution >= 4 is 0 Å². The summed E-state index contributed by atoms with van der Waals surface area (Å²) >= 11 is 0. The van der Waals surface area contributed by atoms with E-state index in [1.165, 1.54) is 0 Å². The fourth-order valence-corrected chi connectivity index (χ4v) is 1.14. The van der Waals surface area contributed by atoms with Crippen LogP contribution in [0.5, 0.6) is 0 Å². The van der Waals surface area contributed by atoms with Crippen molar-refractivity contribution in [1.82, 2.24) is 4.90 Å². The van der Waals surface area contributed by atoms with Crippen LogP contribution in [0, 0.1) is 0 Å². The Morgan fingerprint density at radius 1 is 1.36 bits per heavy atom. The molecule has 68 valence electrons. The topological polar surface area (TPSA) is 43.7 Å². The monoisotopic (exact) mass is 161 g/mol. The minimum absolute atomic E-state index is 0.125. The molecule has 0 saturated carbocycles. The van der Waals surface area contributed by atoms with E-state index in [1.807, 2.05) is 7.05 Å². The number of hydrogen-bond donors (Lipinski definition) is 2. The molecule has 0 heterocycles. The molecule has 0 aromatic carbocycles. The number of aliphatic hydroxyl groups excluding tert-OH is 2. The second-order valence-electron chi connectivity index (χ2n) is 2.83. The van der Waals surface area contributed by atoms with Gasteiger partial charge < -0.3 is 15.1 Å². The van der Waals surface area contributed by atoms with Crippen LogP contribution in [-0.2, 0) is 0 Å². The molecule has 3 nitrogen and oxygen atoms in total. The normalized spacial score (nSPS) is 13.9. The van der Waals surface area contributed by atoms with Crippen molar-refractivity contribution in [1.29, 1.82) is 0 Å². The molecule has 0 aromatic heterocycles. The van der Waals surface area contributed by atoms with Crippen LogP contribution in [-0.4, -0.2) is 48.0 Å². The first-order valence-electron chi connectivity index (χ1n) is 4.18. The van der Waals surface area contributed by atoms with Crippen LogP contribution < -0.4 is 0 Å². The number of hydrogen-bond acceptors (Lipinski definition) is 3. The van der Waals surface area contributed by atoms with Gasteiger partial charge in [0.2, 0.25) is 0 Å². The summed E-state index contributed by atoms with van der Waals surface area (Å²) in [4.78, 5) is 2.08. The first-order chi connectivity index (χ1) is 5.26. The van der Waals surface area contributed by atoms with Gasteiger partial charge in [-0.25, -0.2) is 0 Å². The zero-order valence-corrected chi connectivity index (χ0v) is 7.45. The first-order valence-corrected chi connectivity index (χ1v) is 4.18. The fourth-order valence-electron chi connectivity index (χ4n) is 1.14. The molecule has 2 N–H and O–H groups in total. The summed E-state index contributed by atoms with van der Waals surface area (Å²) in [6.45, 7) is 3.37. The van der Waals surface area contributed by atoms with Gasteiger partial charge in [0.25, 0.3) is 0 Å². The molecule has 0 aliphatic rings. The van der Waals surface area contributed by atoms with Crippen molar-refractivity contribution in [3.05, 3.63) is 0 Å². The Balaban J connectivity index is 3.61. The lowest BCUT2D eigenvalue weighted by molar-refractivity contribution is 0.120. The molecule has 0 bridgehead atoms. The summed E-state index contributed by atoms with van der Waals surface area (Å²) in [5.74, 6) is 0. The first kappa shape index (κ1) is 10.9. The summed E-state index contributed by atoms with van der Waals surface area (Å²) in [5.41, 5.74) is 0. The third-order valence-corrected chi connectivity index (χ3v) is 1.87. The van der Waals surface area contributed by atoms with E-state index in [9.17, 15) is 0 Å². The van der Waals surface area contributed by atoms with E-state index >= 15 is 0 Å². The number of likely N-dealkylation sites (N-methyl/N-ethyl adjacent to an activating group) is 1. The summed E-state index contributed by atoms with van der Waals surface area (Å²) in [6, 6.07) is 0.125. The summed E-state index contributed by atoms with van der Waals surface area (Å²) in [5, 5.41) is 17.5. The number of aliphatic hydroxyl groups is 2. The molecule has 0 aromatic rings. The summed E-state index contributed by atoms with van der Waals surface area (Å²) in [6.07, 6.45) is 1.74. The second kappa shape index (κ2) is 6.58. The molecule has 0 spiro atoms. The van der Waals surface area contributed by atoms with Crippen LogP contribution in [0.1, 0.15) is 19.8 Å². The Morgan fingerprint density at radius 3 is 2.36 bits per heavy atom. The molecule has 0 amide bonds. The summed E-state index contributed by atoms with van der Waals surface area (Å²) in [7, 11) is 1.97. The van der Waals surface area contributed by atoms with Crippen LogP contribution in [0.25, 0.3) is 0 Å². The third kappa shape index (κ3) is 4.35. The molecule has 0 fully saturated rings. The SMILES string of the molecule is CCCN(C)C(CO)CCO. The van der Waals surface area contributed by atoms with Gasteiger partial charge in [0.15, 0.2) is 0 Å². The van der Waals surface area contributed by atoms with Crippen LogP contribution in [0.3, 0.4) is 0 Å². The highest BCUT2D eigenvalue weighted by molar-refractivity contribution is 4.66. The lowest BCUT2D eigenvalue weighted by Crippen LogP contribution is -2.35. The van der Waals surface area contributed by atoms with Gasteiger partial charge in [-0.1, -0.05) is 6.92 Å². The molecule has 11 heavy (non-hydrogen) atoms. The van der Waals surface area contributed by atoms with E-state index in [0.29, 0.717) is 6.42 Å². The smallest absolute Gasteiger partial charge is 0.0587 e. The van der Waals surface area contributed by atoms with Gasteiger partial charge in [0.05, 0.1) is 6.61 Å². The van der Waals surface area contributed by atoms with Crippen LogP contribution in [0.4, 0.5) is 0 Å². The van der Waals surface area contributed by atoms with Gasteiger partial charge >= 0.3 is 0 Å². The largest absolute Gasteiger partial charge is 0.396 e. The lowest BCUT2D eigenvalue weighted by Gasteiger charge is -2.24. The zero-order valence-electron chi connectivity index (χ0n) is 7.45. The van der Waals surface area contributed by atoms with Crippen molar-refractivity contribution in [3.63, 3.8) is 0 Å². The Kier molecular flexibility index (Phi) is 6.51. The lowest BCUT2D eigenvalue weighted by atomic mass is 10.2. The van der Waals surface area contributed by atoms with E-state index in [-0.39, 0.29) is 19.3 Å². The van der Waals surface area contributed by atoms with E-state index in [2.05, 4.69) is 11.8 Å². The number of rotatable bonds is 6. The second-order valence-corrected chi connectivity index (χ2v) is 2.83. The zero-order chi connectivity index (χ0) is 8.69. The Hall–Kier alpha value is -0.120. The fraction of sp³-hybridized carbons (Fsp3) is 1.00. The van der Waals surface area contributed by atoms with E-state index < -0.39 is 0 Å². The van der Waals surface area contributed by atoms with Gasteiger partial charge in [-0.15, -0.1) is 0 Å². The number of nitrogens with zero attached hydrogens (tertiary/aromatic N) is 1. The van der Waals surface area contributed by atoms with Gasteiger partial charge in [0, 0.05) is 12.6 Å². The quantitative estimate of drug-likeness (QED) is 0.579. The van der Waals surface area contributed by atoms with Crippen molar-refractivity contribution < 1.29 is 10.2 Å². The molecule has 0 aliphatic heterocycles. The molecule has 1 atom stereocenters. The average molecular weight is 161 g/mol. The highest BCUT2D eigenvalue weighted by Crippen LogP contribution is 2.00. The molecule has 0 aliphatic carbocycles. The van der Waals surface area contributed by atoms with Crippen LogP contribution in [0.15, 0.2) is 0 Å². The Labute approximate surface area is 68.6 Å². The maximum Gasteiger partial charge on any atom is 0.0587 e. The van der Waals surface area contributed by atoms with E-state index in [4.69, 9.17) is 10.2 Å². The maximum atomic E-state index is 8.90. The average Bonchev–Trinajstić information content (AvgIpc) is 2.00. The third-order valence-electron chi connectivity index (χ3n) is 1.87. The minimum atomic E-state index is 0.125. The van der Waals surface area contributed by atoms with Crippen molar-refractivity contribution in [2.45, 2.75) is 25.8 Å². The van der Waals surface area contributed by atoms with Gasteiger partial charge in [-0.2, -0.15) is 0 Å². The Morgan fingerprint density at radius 2 is 2.00 bits per heavy atom. The Bertz CT molecular complexity index is 88.2. The molecular formula is C8H19NO2. The molecule has 0 saturated heterocycles. The molecule has 0 radical (unpaired) electrons. The van der Waals surface area contributed by atoms with Crippen molar-refractivity contribution in [2.75, 3.05) is 26.8 Å². The van der Waals surface area contributed by atoms with E-state index in [1.54, 1.807) is 0 Å². The van der Waals surface area contributed by atoms with Gasteiger partial charge in [0.1, 0.15) is 0 Å². The predicted octanol–water partition coefficient (Wildman–Crippen LogP) is 0.0715. The maximum absolute atomic E-state index is 8.90. The highest BCUT2D eigenvalue weighted by atomic mass is 16.3. The van der Waals surface area contributed by atoms with Crippen LogP contribution >= 0.6 is 0 Å².